The Bertz CT molecular complexity index is 413. The molecule has 18 heavy (non-hydrogen) atoms. The molecule has 0 amide bonds. The Morgan fingerprint density at radius 1 is 1.61 bits per heavy atom. The maximum Gasteiger partial charge on any atom is 0.306 e. The van der Waals surface area contributed by atoms with Crippen LogP contribution in [0.15, 0.2) is 5.38 Å². The molecule has 0 saturated heterocycles. The summed E-state index contributed by atoms with van der Waals surface area (Å²) >= 11 is 1.62. The van der Waals surface area contributed by atoms with Crippen LogP contribution in [0.1, 0.15) is 45.2 Å². The van der Waals surface area contributed by atoms with E-state index >= 15 is 0 Å². The molecule has 2 rings (SSSR count). The van der Waals surface area contributed by atoms with Crippen LogP contribution >= 0.6 is 11.3 Å². The zero-order valence-electron chi connectivity index (χ0n) is 11.0. The molecule has 0 spiro atoms. The first-order chi connectivity index (χ1) is 8.61. The fourth-order valence-electron chi connectivity index (χ4n) is 2.03. The predicted octanol–water partition coefficient (Wildman–Crippen LogP) is 2.99. The topological polar surface area (TPSA) is 51.2 Å². The van der Waals surface area contributed by atoms with Gasteiger partial charge in [-0.25, -0.2) is 4.98 Å². The number of ether oxygens (including phenoxy) is 1. The highest BCUT2D eigenvalue weighted by molar-refractivity contribution is 7.13. The molecule has 0 bridgehead atoms. The molecule has 100 valence electrons. The van der Waals surface area contributed by atoms with Crippen molar-refractivity contribution >= 4 is 22.4 Å². The molecule has 1 saturated carbocycles. The molecule has 1 aromatic rings. The first-order valence-corrected chi connectivity index (χ1v) is 7.37. The quantitative estimate of drug-likeness (QED) is 0.806. The van der Waals surface area contributed by atoms with Crippen molar-refractivity contribution in [3.8, 4) is 0 Å². The highest BCUT2D eigenvalue weighted by Gasteiger charge is 2.32. The monoisotopic (exact) mass is 268 g/mol. The third kappa shape index (κ3) is 3.45. The molecule has 1 aliphatic rings. The van der Waals surface area contributed by atoms with Crippen LogP contribution in [0.4, 0.5) is 5.13 Å². The van der Waals surface area contributed by atoms with E-state index in [1.807, 2.05) is 12.3 Å². The standard InChI is InChI=1S/C13H20N2O2S/c1-3-17-11(16)6-5-10-9-18-12(14-10)15-13(2)7-4-8-13/h9H,3-8H2,1-2H3,(H,14,15). The minimum absolute atomic E-state index is 0.147. The Hall–Kier alpha value is -1.10. The van der Waals surface area contributed by atoms with E-state index in [1.165, 1.54) is 19.3 Å². The number of anilines is 1. The van der Waals surface area contributed by atoms with Crippen molar-refractivity contribution in [1.29, 1.82) is 0 Å². The summed E-state index contributed by atoms with van der Waals surface area (Å²) in [6.45, 7) is 4.50. The number of aromatic nitrogens is 1. The van der Waals surface area contributed by atoms with Crippen LogP contribution in [0.5, 0.6) is 0 Å². The average Bonchev–Trinajstić information content (AvgIpc) is 2.72. The van der Waals surface area contributed by atoms with Gasteiger partial charge in [-0.15, -0.1) is 11.3 Å². The van der Waals surface area contributed by atoms with Gasteiger partial charge in [-0.1, -0.05) is 0 Å². The fraction of sp³-hybridized carbons (Fsp3) is 0.692. The van der Waals surface area contributed by atoms with Crippen molar-refractivity contribution in [3.63, 3.8) is 0 Å². The summed E-state index contributed by atoms with van der Waals surface area (Å²) in [6, 6.07) is 0. The van der Waals surface area contributed by atoms with Gasteiger partial charge < -0.3 is 10.1 Å². The summed E-state index contributed by atoms with van der Waals surface area (Å²) in [5.41, 5.74) is 1.20. The van der Waals surface area contributed by atoms with Crippen molar-refractivity contribution in [2.75, 3.05) is 11.9 Å². The van der Waals surface area contributed by atoms with Crippen molar-refractivity contribution in [3.05, 3.63) is 11.1 Å². The van der Waals surface area contributed by atoms with Gasteiger partial charge in [0.05, 0.1) is 18.7 Å². The van der Waals surface area contributed by atoms with Crippen molar-refractivity contribution < 1.29 is 9.53 Å². The van der Waals surface area contributed by atoms with Crippen molar-refractivity contribution in [2.45, 2.75) is 51.5 Å². The highest BCUT2D eigenvalue weighted by atomic mass is 32.1. The van der Waals surface area contributed by atoms with Gasteiger partial charge in [-0.2, -0.15) is 0 Å². The smallest absolute Gasteiger partial charge is 0.306 e. The van der Waals surface area contributed by atoms with Gasteiger partial charge in [0.1, 0.15) is 0 Å². The van der Waals surface area contributed by atoms with Gasteiger partial charge in [-0.05, 0) is 33.1 Å². The summed E-state index contributed by atoms with van der Waals surface area (Å²) in [5, 5.41) is 6.47. The number of nitrogens with one attached hydrogen (secondary N) is 1. The highest BCUT2D eigenvalue weighted by Crippen LogP contribution is 2.35. The lowest BCUT2D eigenvalue weighted by atomic mass is 9.79. The minimum atomic E-state index is -0.147. The van der Waals surface area contributed by atoms with E-state index in [4.69, 9.17) is 4.74 Å². The Balaban J connectivity index is 1.80. The summed E-state index contributed by atoms with van der Waals surface area (Å²) < 4.78 is 4.90. The van der Waals surface area contributed by atoms with Crippen LogP contribution in [0.3, 0.4) is 0 Å². The van der Waals surface area contributed by atoms with Crippen LogP contribution < -0.4 is 5.32 Å². The summed E-state index contributed by atoms with van der Waals surface area (Å²) in [4.78, 5) is 15.8. The molecule has 1 heterocycles. The number of nitrogens with zero attached hydrogens (tertiary/aromatic N) is 1. The van der Waals surface area contributed by atoms with Crippen LogP contribution in [0.25, 0.3) is 0 Å². The molecular weight excluding hydrogens is 248 g/mol. The number of carbonyl (C=O) groups excluding carboxylic acids is 1. The normalized spacial score (nSPS) is 17.0. The average molecular weight is 268 g/mol. The van der Waals surface area contributed by atoms with E-state index in [9.17, 15) is 4.79 Å². The maximum absolute atomic E-state index is 11.2. The molecule has 0 unspecified atom stereocenters. The van der Waals surface area contributed by atoms with Crippen LogP contribution in [-0.2, 0) is 16.0 Å². The van der Waals surface area contributed by atoms with E-state index in [0.29, 0.717) is 19.4 Å². The largest absolute Gasteiger partial charge is 0.466 e. The molecule has 1 aliphatic carbocycles. The van der Waals surface area contributed by atoms with Crippen LogP contribution in [-0.4, -0.2) is 23.1 Å². The Labute approximate surface area is 112 Å². The lowest BCUT2D eigenvalue weighted by Crippen LogP contribution is -2.41. The SMILES string of the molecule is CCOC(=O)CCc1csc(NC2(C)CCC2)n1. The van der Waals surface area contributed by atoms with E-state index in [2.05, 4.69) is 17.2 Å². The van der Waals surface area contributed by atoms with Crippen LogP contribution in [0.2, 0.25) is 0 Å². The van der Waals surface area contributed by atoms with E-state index in [0.717, 1.165) is 10.8 Å². The van der Waals surface area contributed by atoms with Gasteiger partial charge in [-0.3, -0.25) is 4.79 Å². The lowest BCUT2D eigenvalue weighted by molar-refractivity contribution is -0.143. The van der Waals surface area contributed by atoms with Gasteiger partial charge in [0.2, 0.25) is 0 Å². The summed E-state index contributed by atoms with van der Waals surface area (Å²) in [6.07, 6.45) is 4.79. The number of carbonyl (C=O) groups is 1. The predicted molar refractivity (Wildman–Crippen MR) is 72.9 cm³/mol. The van der Waals surface area contributed by atoms with Gasteiger partial charge in [0.15, 0.2) is 5.13 Å². The molecule has 0 radical (unpaired) electrons. The second-order valence-electron chi connectivity index (χ2n) is 4.99. The van der Waals surface area contributed by atoms with Crippen molar-refractivity contribution in [2.24, 2.45) is 0 Å². The van der Waals surface area contributed by atoms with Crippen molar-refractivity contribution in [1.82, 2.24) is 4.98 Å². The van der Waals surface area contributed by atoms with E-state index in [1.54, 1.807) is 11.3 Å². The molecule has 0 atom stereocenters. The fourth-order valence-corrected chi connectivity index (χ4v) is 2.93. The molecular formula is C13H20N2O2S. The third-order valence-electron chi connectivity index (χ3n) is 3.31. The Kier molecular flexibility index (Phi) is 4.22. The zero-order chi connectivity index (χ0) is 13.0. The van der Waals surface area contributed by atoms with E-state index < -0.39 is 0 Å². The molecule has 0 aliphatic heterocycles. The zero-order valence-corrected chi connectivity index (χ0v) is 11.8. The van der Waals surface area contributed by atoms with Gasteiger partial charge >= 0.3 is 5.97 Å². The second-order valence-corrected chi connectivity index (χ2v) is 5.85. The van der Waals surface area contributed by atoms with Gasteiger partial charge in [0, 0.05) is 17.3 Å². The summed E-state index contributed by atoms with van der Waals surface area (Å²) in [7, 11) is 0. The van der Waals surface area contributed by atoms with E-state index in [-0.39, 0.29) is 11.5 Å². The molecule has 1 aromatic heterocycles. The number of hydrogen-bond acceptors (Lipinski definition) is 5. The van der Waals surface area contributed by atoms with Gasteiger partial charge in [0.25, 0.3) is 0 Å². The molecule has 1 N–H and O–H groups in total. The molecule has 5 heteroatoms. The third-order valence-corrected chi connectivity index (χ3v) is 4.11. The molecule has 4 nitrogen and oxygen atoms in total. The Morgan fingerprint density at radius 3 is 3.00 bits per heavy atom. The maximum atomic E-state index is 11.2. The molecule has 1 fully saturated rings. The number of rotatable bonds is 6. The minimum Gasteiger partial charge on any atom is -0.466 e. The number of aryl methyl sites for hydroxylation is 1. The first kappa shape index (κ1) is 13.3. The second kappa shape index (κ2) is 5.69. The number of esters is 1. The molecule has 0 aromatic carbocycles. The Morgan fingerprint density at radius 2 is 2.39 bits per heavy atom. The summed E-state index contributed by atoms with van der Waals surface area (Å²) in [5.74, 6) is -0.147. The lowest BCUT2D eigenvalue weighted by Gasteiger charge is -2.39. The van der Waals surface area contributed by atoms with Crippen LogP contribution in [0, 0.1) is 0 Å². The first-order valence-electron chi connectivity index (χ1n) is 6.49. The number of thiazole rings is 1. The number of hydrogen-bond donors (Lipinski definition) is 1.